The van der Waals surface area contributed by atoms with E-state index in [4.69, 9.17) is 11.6 Å². The summed E-state index contributed by atoms with van der Waals surface area (Å²) < 4.78 is 2.21. The Kier molecular flexibility index (Phi) is 4.29. The third-order valence-electron chi connectivity index (χ3n) is 2.06. The summed E-state index contributed by atoms with van der Waals surface area (Å²) in [6.45, 7) is 5.39. The lowest BCUT2D eigenvalue weighted by Gasteiger charge is -2.09. The number of rotatable bonds is 5. The Labute approximate surface area is 84.9 Å². The van der Waals surface area contributed by atoms with Crippen molar-refractivity contribution in [3.05, 3.63) is 18.2 Å². The Hall–Kier alpha value is -0.500. The molecular formula is C10H17ClN2. The number of alkyl halides is 1. The maximum absolute atomic E-state index is 5.76. The van der Waals surface area contributed by atoms with Gasteiger partial charge in [-0.15, -0.1) is 11.6 Å². The molecule has 0 radical (unpaired) electrons. The largest absolute Gasteiger partial charge is 0.335 e. The Morgan fingerprint density at radius 1 is 1.62 bits per heavy atom. The highest BCUT2D eigenvalue weighted by atomic mass is 35.5. The van der Waals surface area contributed by atoms with E-state index in [1.54, 1.807) is 0 Å². The minimum atomic E-state index is 0.514. The first kappa shape index (κ1) is 10.6. The van der Waals surface area contributed by atoms with Crippen LogP contribution in [0.4, 0.5) is 0 Å². The van der Waals surface area contributed by atoms with Crippen LogP contribution in [-0.2, 0) is 13.0 Å². The maximum Gasteiger partial charge on any atom is 0.108 e. The molecule has 3 heteroatoms. The third-order valence-corrected chi connectivity index (χ3v) is 2.59. The number of halogens is 1. The molecule has 74 valence electrons. The van der Waals surface area contributed by atoms with Crippen molar-refractivity contribution in [2.24, 2.45) is 5.92 Å². The van der Waals surface area contributed by atoms with Crippen LogP contribution in [0.5, 0.6) is 0 Å². The molecule has 1 aromatic heterocycles. The van der Waals surface area contributed by atoms with Crippen LogP contribution < -0.4 is 0 Å². The summed E-state index contributed by atoms with van der Waals surface area (Å²) in [7, 11) is 0. The topological polar surface area (TPSA) is 17.8 Å². The molecule has 0 aliphatic rings. The Morgan fingerprint density at radius 3 is 3.00 bits per heavy atom. The predicted octanol–water partition coefficient (Wildman–Crippen LogP) is 2.71. The molecule has 0 amide bonds. The molecule has 0 aliphatic heterocycles. The van der Waals surface area contributed by atoms with E-state index in [0.29, 0.717) is 11.8 Å². The lowest BCUT2D eigenvalue weighted by atomic mass is 10.1. The summed E-state index contributed by atoms with van der Waals surface area (Å²) in [6.07, 6.45) is 6.04. The molecule has 0 saturated carbocycles. The zero-order valence-electron chi connectivity index (χ0n) is 8.33. The van der Waals surface area contributed by atoms with Gasteiger partial charge < -0.3 is 4.57 Å². The standard InChI is InChI=1S/C10H17ClN2/c1-3-5-13-6-4-12-10(13)7-9(2)8-11/h4,6,9H,3,5,7-8H2,1-2H3. The van der Waals surface area contributed by atoms with Crippen LogP contribution in [0.3, 0.4) is 0 Å². The van der Waals surface area contributed by atoms with E-state index in [2.05, 4.69) is 23.4 Å². The van der Waals surface area contributed by atoms with E-state index >= 15 is 0 Å². The molecule has 0 aromatic carbocycles. The lowest BCUT2D eigenvalue weighted by molar-refractivity contribution is 0.570. The number of hydrogen-bond acceptors (Lipinski definition) is 1. The summed E-state index contributed by atoms with van der Waals surface area (Å²) in [4.78, 5) is 4.33. The van der Waals surface area contributed by atoms with E-state index in [1.807, 2.05) is 12.4 Å². The highest BCUT2D eigenvalue weighted by molar-refractivity contribution is 6.18. The van der Waals surface area contributed by atoms with Gasteiger partial charge in [0.1, 0.15) is 5.82 Å². The normalized spacial score (nSPS) is 13.2. The first-order valence-electron chi connectivity index (χ1n) is 4.83. The third kappa shape index (κ3) is 3.03. The minimum Gasteiger partial charge on any atom is -0.335 e. The molecule has 13 heavy (non-hydrogen) atoms. The molecule has 0 fully saturated rings. The fourth-order valence-corrected chi connectivity index (χ4v) is 1.45. The van der Waals surface area contributed by atoms with Gasteiger partial charge in [-0.2, -0.15) is 0 Å². The van der Waals surface area contributed by atoms with Gasteiger partial charge in [0, 0.05) is 31.2 Å². The first-order valence-corrected chi connectivity index (χ1v) is 5.37. The van der Waals surface area contributed by atoms with Crippen molar-refractivity contribution in [1.29, 1.82) is 0 Å². The number of aryl methyl sites for hydroxylation is 1. The summed E-state index contributed by atoms with van der Waals surface area (Å²) in [5, 5.41) is 0. The maximum atomic E-state index is 5.76. The summed E-state index contributed by atoms with van der Waals surface area (Å²) >= 11 is 5.76. The highest BCUT2D eigenvalue weighted by Gasteiger charge is 2.06. The van der Waals surface area contributed by atoms with Gasteiger partial charge in [-0.25, -0.2) is 4.98 Å². The number of hydrogen-bond donors (Lipinski definition) is 0. The van der Waals surface area contributed by atoms with Gasteiger partial charge in [0.2, 0.25) is 0 Å². The van der Waals surface area contributed by atoms with Crippen LogP contribution in [0, 0.1) is 5.92 Å². The average Bonchev–Trinajstić information content (AvgIpc) is 2.54. The Balaban J connectivity index is 2.59. The zero-order chi connectivity index (χ0) is 9.68. The number of imidazole rings is 1. The van der Waals surface area contributed by atoms with Gasteiger partial charge in [-0.05, 0) is 12.3 Å². The van der Waals surface area contributed by atoms with Gasteiger partial charge in [0.25, 0.3) is 0 Å². The van der Waals surface area contributed by atoms with E-state index in [0.717, 1.165) is 25.2 Å². The molecule has 0 aliphatic carbocycles. The van der Waals surface area contributed by atoms with Crippen LogP contribution >= 0.6 is 11.6 Å². The lowest BCUT2D eigenvalue weighted by Crippen LogP contribution is -2.08. The highest BCUT2D eigenvalue weighted by Crippen LogP contribution is 2.08. The Bertz CT molecular complexity index is 245. The molecule has 1 aromatic rings. The SMILES string of the molecule is CCCn1ccnc1CC(C)CCl. The van der Waals surface area contributed by atoms with Crippen molar-refractivity contribution in [2.45, 2.75) is 33.2 Å². The van der Waals surface area contributed by atoms with E-state index in [1.165, 1.54) is 0 Å². The molecular weight excluding hydrogens is 184 g/mol. The van der Waals surface area contributed by atoms with Crippen molar-refractivity contribution in [3.8, 4) is 0 Å². The van der Waals surface area contributed by atoms with Crippen LogP contribution in [0.15, 0.2) is 12.4 Å². The quantitative estimate of drug-likeness (QED) is 0.669. The summed E-state index contributed by atoms with van der Waals surface area (Å²) in [5.41, 5.74) is 0. The molecule has 1 rings (SSSR count). The second kappa shape index (κ2) is 5.28. The molecule has 0 saturated heterocycles. The number of nitrogens with zero attached hydrogens (tertiary/aromatic N) is 2. The van der Waals surface area contributed by atoms with Gasteiger partial charge in [-0.1, -0.05) is 13.8 Å². The predicted molar refractivity (Wildman–Crippen MR) is 56.1 cm³/mol. The van der Waals surface area contributed by atoms with Crippen molar-refractivity contribution >= 4 is 11.6 Å². The van der Waals surface area contributed by atoms with Gasteiger partial charge >= 0.3 is 0 Å². The molecule has 1 heterocycles. The molecule has 2 nitrogen and oxygen atoms in total. The van der Waals surface area contributed by atoms with E-state index in [9.17, 15) is 0 Å². The monoisotopic (exact) mass is 200 g/mol. The van der Waals surface area contributed by atoms with Gasteiger partial charge in [-0.3, -0.25) is 0 Å². The first-order chi connectivity index (χ1) is 6.27. The minimum absolute atomic E-state index is 0.514. The van der Waals surface area contributed by atoms with Gasteiger partial charge in [0.05, 0.1) is 0 Å². The van der Waals surface area contributed by atoms with Crippen LogP contribution in [-0.4, -0.2) is 15.4 Å². The molecule has 0 N–H and O–H groups in total. The summed E-state index contributed by atoms with van der Waals surface area (Å²) in [6, 6.07) is 0. The van der Waals surface area contributed by atoms with E-state index in [-0.39, 0.29) is 0 Å². The fraction of sp³-hybridized carbons (Fsp3) is 0.700. The van der Waals surface area contributed by atoms with Crippen LogP contribution in [0.2, 0.25) is 0 Å². The molecule has 1 atom stereocenters. The molecule has 0 bridgehead atoms. The zero-order valence-corrected chi connectivity index (χ0v) is 9.09. The molecule has 0 spiro atoms. The molecule has 1 unspecified atom stereocenters. The second-order valence-electron chi connectivity index (χ2n) is 3.50. The van der Waals surface area contributed by atoms with Gasteiger partial charge in [0.15, 0.2) is 0 Å². The summed E-state index contributed by atoms with van der Waals surface area (Å²) in [5.74, 6) is 2.38. The van der Waals surface area contributed by atoms with E-state index < -0.39 is 0 Å². The van der Waals surface area contributed by atoms with Crippen molar-refractivity contribution in [1.82, 2.24) is 9.55 Å². The van der Waals surface area contributed by atoms with Crippen LogP contribution in [0.25, 0.3) is 0 Å². The van der Waals surface area contributed by atoms with Crippen molar-refractivity contribution in [2.75, 3.05) is 5.88 Å². The van der Waals surface area contributed by atoms with Crippen LogP contribution in [0.1, 0.15) is 26.1 Å². The van der Waals surface area contributed by atoms with Crippen molar-refractivity contribution < 1.29 is 0 Å². The average molecular weight is 201 g/mol. The second-order valence-corrected chi connectivity index (χ2v) is 3.81. The van der Waals surface area contributed by atoms with Crippen molar-refractivity contribution in [3.63, 3.8) is 0 Å². The fourth-order valence-electron chi connectivity index (χ4n) is 1.34. The Morgan fingerprint density at radius 2 is 2.38 bits per heavy atom. The smallest absolute Gasteiger partial charge is 0.108 e. The number of aromatic nitrogens is 2.